The van der Waals surface area contributed by atoms with Crippen LogP contribution >= 0.6 is 0 Å². The monoisotopic (exact) mass is 385 g/mol. The molecule has 0 aliphatic carbocycles. The molecule has 3 rings (SSSR count). The summed E-state index contributed by atoms with van der Waals surface area (Å²) >= 11 is 0. The third kappa shape index (κ3) is 3.59. The number of barbiturate groups is 1. The summed E-state index contributed by atoms with van der Waals surface area (Å²) in [5.74, 6) is -2.03. The Kier molecular flexibility index (Phi) is 5.41. The van der Waals surface area contributed by atoms with Crippen LogP contribution in [0.5, 0.6) is 0 Å². The molecule has 8 heteroatoms. The minimum absolute atomic E-state index is 0.170. The molecular formula is C20H20FN3O4. The zero-order valence-corrected chi connectivity index (χ0v) is 15.8. The number of anilines is 1. The molecule has 2 heterocycles. The molecule has 0 radical (unpaired) electrons. The van der Waals surface area contributed by atoms with Crippen LogP contribution in [-0.2, 0) is 20.9 Å². The van der Waals surface area contributed by atoms with Crippen molar-refractivity contribution in [2.45, 2.75) is 20.4 Å². The van der Waals surface area contributed by atoms with Crippen molar-refractivity contribution in [1.82, 2.24) is 9.88 Å². The molecule has 1 N–H and O–H groups in total. The van der Waals surface area contributed by atoms with Crippen LogP contribution in [0.4, 0.5) is 14.9 Å². The van der Waals surface area contributed by atoms with Crippen LogP contribution in [0.15, 0.2) is 35.9 Å². The Morgan fingerprint density at radius 3 is 2.46 bits per heavy atom. The number of benzene rings is 1. The minimum atomic E-state index is -0.871. The highest BCUT2D eigenvalue weighted by Gasteiger charge is 2.37. The maximum atomic E-state index is 13.2. The lowest BCUT2D eigenvalue weighted by Gasteiger charge is -2.26. The maximum absolute atomic E-state index is 13.2. The number of amides is 4. The Hall–Kier alpha value is -3.26. The van der Waals surface area contributed by atoms with Gasteiger partial charge in [-0.25, -0.2) is 14.1 Å². The molecule has 0 unspecified atom stereocenters. The summed E-state index contributed by atoms with van der Waals surface area (Å²) in [6, 6.07) is 5.87. The molecule has 1 aromatic heterocycles. The number of halogens is 1. The van der Waals surface area contributed by atoms with Gasteiger partial charge in [0.1, 0.15) is 11.4 Å². The van der Waals surface area contributed by atoms with Crippen molar-refractivity contribution in [2.24, 2.45) is 0 Å². The number of aryl methyl sites for hydroxylation is 1. The van der Waals surface area contributed by atoms with Crippen LogP contribution in [0.1, 0.15) is 17.0 Å². The van der Waals surface area contributed by atoms with Gasteiger partial charge in [0.15, 0.2) is 0 Å². The van der Waals surface area contributed by atoms with Gasteiger partial charge in [-0.3, -0.25) is 14.9 Å². The van der Waals surface area contributed by atoms with Crippen molar-refractivity contribution in [1.29, 1.82) is 0 Å². The molecule has 1 fully saturated rings. The fraction of sp³-hybridized carbons (Fsp3) is 0.250. The third-order valence-electron chi connectivity index (χ3n) is 4.62. The van der Waals surface area contributed by atoms with Gasteiger partial charge >= 0.3 is 6.03 Å². The molecule has 0 spiro atoms. The second kappa shape index (κ2) is 7.77. The number of carbonyl (C=O) groups excluding carboxylic acids is 3. The van der Waals surface area contributed by atoms with E-state index in [9.17, 15) is 18.8 Å². The second-order valence-electron chi connectivity index (χ2n) is 6.41. The average Bonchev–Trinajstić information content (AvgIpc) is 2.91. The van der Waals surface area contributed by atoms with E-state index in [0.717, 1.165) is 28.4 Å². The number of imide groups is 2. The van der Waals surface area contributed by atoms with E-state index in [1.165, 1.54) is 18.2 Å². The summed E-state index contributed by atoms with van der Waals surface area (Å²) in [6.45, 7) is 4.96. The Morgan fingerprint density at radius 1 is 1.14 bits per heavy atom. The first kappa shape index (κ1) is 19.5. The highest BCUT2D eigenvalue weighted by atomic mass is 19.1. The largest absolute Gasteiger partial charge is 0.383 e. The predicted octanol–water partition coefficient (Wildman–Crippen LogP) is 2.56. The fourth-order valence-electron chi connectivity index (χ4n) is 3.14. The zero-order valence-electron chi connectivity index (χ0n) is 15.8. The number of methoxy groups -OCH3 is 1. The number of ether oxygens (including phenoxy) is 1. The van der Waals surface area contributed by atoms with Crippen LogP contribution in [0, 0.1) is 19.7 Å². The van der Waals surface area contributed by atoms with E-state index in [2.05, 4.69) is 5.32 Å². The summed E-state index contributed by atoms with van der Waals surface area (Å²) in [7, 11) is 1.61. The number of hydrogen-bond donors (Lipinski definition) is 1. The van der Waals surface area contributed by atoms with E-state index in [1.54, 1.807) is 7.11 Å². The van der Waals surface area contributed by atoms with Crippen molar-refractivity contribution in [3.8, 4) is 0 Å². The Balaban J connectivity index is 1.99. The smallest absolute Gasteiger partial charge is 0.335 e. The van der Waals surface area contributed by atoms with Crippen LogP contribution < -0.4 is 10.2 Å². The number of rotatable bonds is 5. The molecule has 7 nitrogen and oxygen atoms in total. The summed E-state index contributed by atoms with van der Waals surface area (Å²) in [4.78, 5) is 38.1. The number of hydrogen-bond acceptors (Lipinski definition) is 4. The number of nitrogens with zero attached hydrogens (tertiary/aromatic N) is 2. The second-order valence-corrected chi connectivity index (χ2v) is 6.41. The van der Waals surface area contributed by atoms with Gasteiger partial charge in [0, 0.05) is 25.0 Å². The standard InChI is InChI=1S/C20H20FN3O4/c1-12-10-14(13(2)23(12)8-9-28-3)11-17-18(25)22-20(27)24(19(17)26)16-6-4-15(21)5-7-16/h4-7,10-11H,8-9H2,1-3H3,(H,22,25,27)/b17-11+. The van der Waals surface area contributed by atoms with Gasteiger partial charge in [0.05, 0.1) is 12.3 Å². The summed E-state index contributed by atoms with van der Waals surface area (Å²) in [5, 5.41) is 2.16. The third-order valence-corrected chi connectivity index (χ3v) is 4.62. The molecule has 28 heavy (non-hydrogen) atoms. The first-order chi connectivity index (χ1) is 13.3. The van der Waals surface area contributed by atoms with Gasteiger partial charge in [-0.05, 0) is 55.8 Å². The first-order valence-corrected chi connectivity index (χ1v) is 8.66. The highest BCUT2D eigenvalue weighted by Crippen LogP contribution is 2.24. The molecule has 2 aromatic rings. The topological polar surface area (TPSA) is 80.6 Å². The minimum Gasteiger partial charge on any atom is -0.383 e. The molecular weight excluding hydrogens is 365 g/mol. The van der Waals surface area contributed by atoms with E-state index in [0.29, 0.717) is 18.7 Å². The number of aromatic nitrogens is 1. The van der Waals surface area contributed by atoms with Crippen LogP contribution in [0.25, 0.3) is 6.08 Å². The molecule has 0 saturated carbocycles. The normalized spacial score (nSPS) is 16.1. The Bertz CT molecular complexity index is 976. The Labute approximate surface area is 161 Å². The molecule has 0 atom stereocenters. The molecule has 1 aliphatic heterocycles. The molecule has 1 aliphatic rings. The first-order valence-electron chi connectivity index (χ1n) is 8.66. The average molecular weight is 385 g/mol. The number of urea groups is 1. The van der Waals surface area contributed by atoms with E-state index in [-0.39, 0.29) is 11.3 Å². The van der Waals surface area contributed by atoms with Gasteiger partial charge in [-0.2, -0.15) is 0 Å². The van der Waals surface area contributed by atoms with Gasteiger partial charge in [-0.1, -0.05) is 0 Å². The molecule has 1 saturated heterocycles. The van der Waals surface area contributed by atoms with Crippen LogP contribution in [0.2, 0.25) is 0 Å². The lowest BCUT2D eigenvalue weighted by molar-refractivity contribution is -0.122. The lowest BCUT2D eigenvalue weighted by Crippen LogP contribution is -2.54. The van der Waals surface area contributed by atoms with E-state index in [4.69, 9.17) is 4.74 Å². The molecule has 0 bridgehead atoms. The van der Waals surface area contributed by atoms with Crippen molar-refractivity contribution in [3.63, 3.8) is 0 Å². The summed E-state index contributed by atoms with van der Waals surface area (Å²) in [5.41, 5.74) is 2.52. The van der Waals surface area contributed by atoms with E-state index >= 15 is 0 Å². The zero-order chi connectivity index (χ0) is 20.4. The molecule has 4 amide bonds. The van der Waals surface area contributed by atoms with Crippen LogP contribution in [-0.4, -0.2) is 36.1 Å². The summed E-state index contributed by atoms with van der Waals surface area (Å²) < 4.78 is 20.3. The van der Waals surface area contributed by atoms with Crippen molar-refractivity contribution in [3.05, 3.63) is 58.7 Å². The van der Waals surface area contributed by atoms with Crippen molar-refractivity contribution >= 4 is 29.6 Å². The van der Waals surface area contributed by atoms with Crippen molar-refractivity contribution in [2.75, 3.05) is 18.6 Å². The summed E-state index contributed by atoms with van der Waals surface area (Å²) in [6.07, 6.45) is 1.46. The van der Waals surface area contributed by atoms with Gasteiger partial charge in [-0.15, -0.1) is 0 Å². The van der Waals surface area contributed by atoms with E-state index < -0.39 is 23.7 Å². The van der Waals surface area contributed by atoms with Gasteiger partial charge in [0.2, 0.25) is 0 Å². The lowest BCUT2D eigenvalue weighted by atomic mass is 10.1. The number of nitrogens with one attached hydrogen (secondary N) is 1. The van der Waals surface area contributed by atoms with Gasteiger partial charge < -0.3 is 9.30 Å². The highest BCUT2D eigenvalue weighted by molar-refractivity contribution is 6.39. The SMILES string of the molecule is COCCn1c(C)cc(/C=C2\C(=O)NC(=O)N(c3ccc(F)cc3)C2=O)c1C. The van der Waals surface area contributed by atoms with Crippen molar-refractivity contribution < 1.29 is 23.5 Å². The van der Waals surface area contributed by atoms with Crippen LogP contribution in [0.3, 0.4) is 0 Å². The molecule has 1 aromatic carbocycles. The quantitative estimate of drug-likeness (QED) is 0.634. The number of carbonyl (C=O) groups is 3. The maximum Gasteiger partial charge on any atom is 0.335 e. The fourth-order valence-corrected chi connectivity index (χ4v) is 3.14. The van der Waals surface area contributed by atoms with E-state index in [1.807, 2.05) is 24.5 Å². The molecule has 146 valence electrons. The predicted molar refractivity (Wildman–Crippen MR) is 101 cm³/mol. The van der Waals surface area contributed by atoms with Gasteiger partial charge in [0.25, 0.3) is 11.8 Å². The Morgan fingerprint density at radius 2 is 1.82 bits per heavy atom.